The summed E-state index contributed by atoms with van der Waals surface area (Å²) < 4.78 is 41.6. The first-order chi connectivity index (χ1) is 7.89. The summed E-state index contributed by atoms with van der Waals surface area (Å²) in [6.07, 6.45) is -4.86. The van der Waals surface area contributed by atoms with Crippen molar-refractivity contribution >= 4 is 16.7 Å². The Balaban J connectivity index is 2.67. The molecule has 0 radical (unpaired) electrons. The fourth-order valence-corrected chi connectivity index (χ4v) is 1.39. The van der Waals surface area contributed by atoms with Gasteiger partial charge < -0.3 is 4.42 Å². The average Bonchev–Trinajstić information content (AvgIpc) is 2.26. The Hall–Kier alpha value is -2.11. The van der Waals surface area contributed by atoms with Crippen molar-refractivity contribution in [2.75, 3.05) is 0 Å². The van der Waals surface area contributed by atoms with Crippen LogP contribution in [0, 0.1) is 5.41 Å². The maximum atomic E-state index is 12.3. The van der Waals surface area contributed by atoms with E-state index in [0.717, 1.165) is 6.07 Å². The quantitative estimate of drug-likeness (QED) is 0.616. The van der Waals surface area contributed by atoms with Crippen LogP contribution in [0.4, 0.5) is 13.2 Å². The van der Waals surface area contributed by atoms with Gasteiger partial charge in [-0.25, -0.2) is 4.79 Å². The second-order valence-electron chi connectivity index (χ2n) is 3.36. The molecule has 6 heteroatoms. The molecule has 0 aliphatic rings. The summed E-state index contributed by atoms with van der Waals surface area (Å²) in [4.78, 5) is 11.3. The van der Waals surface area contributed by atoms with Gasteiger partial charge >= 0.3 is 11.8 Å². The van der Waals surface area contributed by atoms with Crippen molar-refractivity contribution in [3.05, 3.63) is 46.3 Å². The second-order valence-corrected chi connectivity index (χ2v) is 3.36. The Bertz CT molecular complexity index is 643. The molecule has 1 heterocycles. The summed E-state index contributed by atoms with van der Waals surface area (Å²) in [6.45, 7) is 0. The Morgan fingerprint density at radius 2 is 1.88 bits per heavy atom. The van der Waals surface area contributed by atoms with Gasteiger partial charge in [-0.05, 0) is 12.1 Å². The highest BCUT2D eigenvalue weighted by Gasteiger charge is 2.37. The van der Waals surface area contributed by atoms with Gasteiger partial charge in [0.05, 0.1) is 5.56 Å². The van der Waals surface area contributed by atoms with Gasteiger partial charge in [-0.1, -0.05) is 18.2 Å². The van der Waals surface area contributed by atoms with E-state index < -0.39 is 23.1 Å². The molecule has 17 heavy (non-hydrogen) atoms. The Kier molecular flexibility index (Phi) is 2.49. The molecule has 0 atom stereocenters. The van der Waals surface area contributed by atoms with Gasteiger partial charge in [0, 0.05) is 5.39 Å². The van der Waals surface area contributed by atoms with Gasteiger partial charge in [-0.2, -0.15) is 13.2 Å². The smallest absolute Gasteiger partial charge is 0.422 e. The van der Waals surface area contributed by atoms with Crippen molar-refractivity contribution in [2.24, 2.45) is 0 Å². The maximum Gasteiger partial charge on any atom is 0.433 e. The molecule has 0 bridgehead atoms. The third-order valence-corrected chi connectivity index (χ3v) is 2.19. The van der Waals surface area contributed by atoms with Crippen LogP contribution in [0.5, 0.6) is 0 Å². The largest absolute Gasteiger partial charge is 0.433 e. The normalized spacial score (nSPS) is 11.7. The van der Waals surface area contributed by atoms with E-state index in [1.54, 1.807) is 12.1 Å². The van der Waals surface area contributed by atoms with Crippen LogP contribution in [-0.4, -0.2) is 11.9 Å². The molecule has 0 saturated carbocycles. The molecule has 2 rings (SSSR count). The van der Waals surface area contributed by atoms with E-state index in [2.05, 4.69) is 0 Å². The minimum Gasteiger partial charge on any atom is -0.422 e. The van der Waals surface area contributed by atoms with E-state index in [9.17, 15) is 18.0 Å². The Morgan fingerprint density at radius 1 is 1.24 bits per heavy atom. The van der Waals surface area contributed by atoms with Crippen LogP contribution in [0.3, 0.4) is 0 Å². The van der Waals surface area contributed by atoms with Crippen molar-refractivity contribution in [2.45, 2.75) is 6.18 Å². The predicted molar refractivity (Wildman–Crippen MR) is 55.4 cm³/mol. The lowest BCUT2D eigenvalue weighted by Gasteiger charge is -2.07. The van der Waals surface area contributed by atoms with Crippen LogP contribution in [0.15, 0.2) is 39.5 Å². The van der Waals surface area contributed by atoms with Crippen LogP contribution in [0.2, 0.25) is 0 Å². The minimum absolute atomic E-state index is 0.191. The predicted octanol–water partition coefficient (Wildman–Crippen LogP) is 2.72. The number of halogens is 3. The summed E-state index contributed by atoms with van der Waals surface area (Å²) in [6, 6.07) is 7.18. The lowest BCUT2D eigenvalue weighted by Crippen LogP contribution is -2.28. The van der Waals surface area contributed by atoms with Crippen LogP contribution in [0.1, 0.15) is 5.56 Å². The van der Waals surface area contributed by atoms with Gasteiger partial charge in [0.25, 0.3) is 0 Å². The third-order valence-electron chi connectivity index (χ3n) is 2.19. The van der Waals surface area contributed by atoms with Crippen molar-refractivity contribution in [1.82, 2.24) is 0 Å². The lowest BCUT2D eigenvalue weighted by molar-refractivity contribution is -0.0589. The standard InChI is InChI=1S/C11H6F3NO2/c12-11(13,14)9(15)7-5-6-3-1-2-4-8(6)17-10(7)16/h1-5,15H. The zero-order valence-electron chi connectivity index (χ0n) is 8.34. The SMILES string of the molecule is N=C(c1cc2ccccc2oc1=O)C(F)(F)F. The van der Waals surface area contributed by atoms with Gasteiger partial charge in [0.2, 0.25) is 0 Å². The number of alkyl halides is 3. The van der Waals surface area contributed by atoms with Crippen LogP contribution in [-0.2, 0) is 0 Å². The molecule has 1 aromatic carbocycles. The molecule has 0 spiro atoms. The van der Waals surface area contributed by atoms with Crippen molar-refractivity contribution in [1.29, 1.82) is 5.41 Å². The topological polar surface area (TPSA) is 54.1 Å². The molecule has 0 amide bonds. The monoisotopic (exact) mass is 241 g/mol. The van der Waals surface area contributed by atoms with Crippen molar-refractivity contribution < 1.29 is 17.6 Å². The third kappa shape index (κ3) is 2.06. The lowest BCUT2D eigenvalue weighted by atomic mass is 10.1. The molecule has 0 aliphatic heterocycles. The first-order valence-electron chi connectivity index (χ1n) is 4.58. The van der Waals surface area contributed by atoms with Gasteiger partial charge in [-0.3, -0.25) is 5.41 Å². The molecule has 0 unspecified atom stereocenters. The molecule has 0 fully saturated rings. The molecule has 0 saturated heterocycles. The van der Waals surface area contributed by atoms with Gasteiger partial charge in [-0.15, -0.1) is 0 Å². The van der Waals surface area contributed by atoms with Gasteiger partial charge in [0.1, 0.15) is 5.58 Å². The summed E-state index contributed by atoms with van der Waals surface area (Å²) in [5.41, 5.74) is -3.45. The van der Waals surface area contributed by atoms with E-state index in [4.69, 9.17) is 9.83 Å². The number of rotatable bonds is 1. The Labute approximate surface area is 93.0 Å². The number of benzene rings is 1. The summed E-state index contributed by atoms with van der Waals surface area (Å²) >= 11 is 0. The zero-order chi connectivity index (χ0) is 12.6. The average molecular weight is 241 g/mol. The van der Waals surface area contributed by atoms with Crippen LogP contribution >= 0.6 is 0 Å². The van der Waals surface area contributed by atoms with E-state index in [-0.39, 0.29) is 5.58 Å². The summed E-state index contributed by atoms with van der Waals surface area (Å²) in [5.74, 6) is 0. The van der Waals surface area contributed by atoms with Crippen LogP contribution in [0.25, 0.3) is 11.0 Å². The number of nitrogens with one attached hydrogen (secondary N) is 1. The van der Waals surface area contributed by atoms with E-state index in [1.165, 1.54) is 12.1 Å². The molecule has 0 aliphatic carbocycles. The first-order valence-corrected chi connectivity index (χ1v) is 4.58. The number of fused-ring (bicyclic) bond motifs is 1. The van der Waals surface area contributed by atoms with Crippen LogP contribution < -0.4 is 5.63 Å². The van der Waals surface area contributed by atoms with E-state index >= 15 is 0 Å². The zero-order valence-corrected chi connectivity index (χ0v) is 8.34. The second kappa shape index (κ2) is 3.73. The van der Waals surface area contributed by atoms with Crippen molar-refractivity contribution in [3.8, 4) is 0 Å². The molecule has 1 aromatic heterocycles. The molecule has 1 N–H and O–H groups in total. The number of hydrogen-bond donors (Lipinski definition) is 1. The highest BCUT2D eigenvalue weighted by molar-refractivity contribution is 6.03. The maximum absolute atomic E-state index is 12.3. The summed E-state index contributed by atoms with van der Waals surface area (Å²) in [7, 11) is 0. The molecular weight excluding hydrogens is 235 g/mol. The fourth-order valence-electron chi connectivity index (χ4n) is 1.39. The number of hydrogen-bond acceptors (Lipinski definition) is 3. The number of para-hydroxylation sites is 1. The summed E-state index contributed by atoms with van der Waals surface area (Å²) in [5, 5.41) is 7.26. The highest BCUT2D eigenvalue weighted by Crippen LogP contribution is 2.21. The highest BCUT2D eigenvalue weighted by atomic mass is 19.4. The van der Waals surface area contributed by atoms with Gasteiger partial charge in [0.15, 0.2) is 5.71 Å². The molecule has 3 nitrogen and oxygen atoms in total. The molecule has 2 aromatic rings. The fraction of sp³-hybridized carbons (Fsp3) is 0.0909. The van der Waals surface area contributed by atoms with Crippen molar-refractivity contribution in [3.63, 3.8) is 0 Å². The minimum atomic E-state index is -4.86. The van der Waals surface area contributed by atoms with E-state index in [1.807, 2.05) is 0 Å². The Morgan fingerprint density at radius 3 is 2.53 bits per heavy atom. The molecule has 88 valence electrons. The van der Waals surface area contributed by atoms with E-state index in [0.29, 0.717) is 5.39 Å². The molecular formula is C11H6F3NO2. The first kappa shape index (κ1) is 11.4.